The highest BCUT2D eigenvalue weighted by molar-refractivity contribution is 7.91. The number of nitrogens with one attached hydrogen (secondary N) is 1. The number of hydrogen-bond acceptors (Lipinski definition) is 4. The van der Waals surface area contributed by atoms with Crippen LogP contribution in [0.1, 0.15) is 26.2 Å². The van der Waals surface area contributed by atoms with Gasteiger partial charge in [0.1, 0.15) is 0 Å². The standard InChI is InChI=1S/C8H18N2O2S/c1-2-3-8(10-9)7-4-5-13(11,12)6-7/h7-8,10H,2-6,9H2,1H3. The van der Waals surface area contributed by atoms with Crippen molar-refractivity contribution in [3.8, 4) is 0 Å². The fourth-order valence-electron chi connectivity index (χ4n) is 1.91. The first-order chi connectivity index (χ1) is 6.09. The van der Waals surface area contributed by atoms with Gasteiger partial charge in [0.2, 0.25) is 0 Å². The van der Waals surface area contributed by atoms with Crippen LogP contribution in [0.2, 0.25) is 0 Å². The summed E-state index contributed by atoms with van der Waals surface area (Å²) in [5.74, 6) is 6.24. The second-order valence-electron chi connectivity index (χ2n) is 3.72. The number of hydrazine groups is 1. The van der Waals surface area contributed by atoms with E-state index in [1.165, 1.54) is 0 Å². The van der Waals surface area contributed by atoms with E-state index < -0.39 is 9.84 Å². The molecule has 0 bridgehead atoms. The van der Waals surface area contributed by atoms with E-state index in [1.807, 2.05) is 0 Å². The Labute approximate surface area is 79.8 Å². The van der Waals surface area contributed by atoms with Crippen molar-refractivity contribution in [1.29, 1.82) is 0 Å². The van der Waals surface area contributed by atoms with E-state index in [1.54, 1.807) is 0 Å². The average Bonchev–Trinajstić information content (AvgIpc) is 2.42. The van der Waals surface area contributed by atoms with Crippen molar-refractivity contribution in [3.63, 3.8) is 0 Å². The van der Waals surface area contributed by atoms with Crippen molar-refractivity contribution in [2.24, 2.45) is 11.8 Å². The highest BCUT2D eigenvalue weighted by Crippen LogP contribution is 2.23. The van der Waals surface area contributed by atoms with Crippen molar-refractivity contribution in [2.75, 3.05) is 11.5 Å². The molecule has 78 valence electrons. The van der Waals surface area contributed by atoms with E-state index in [0.29, 0.717) is 11.5 Å². The molecule has 0 aromatic carbocycles. The van der Waals surface area contributed by atoms with E-state index in [9.17, 15) is 8.42 Å². The summed E-state index contributed by atoms with van der Waals surface area (Å²) in [5.41, 5.74) is 2.72. The van der Waals surface area contributed by atoms with Gasteiger partial charge in [-0.05, 0) is 18.8 Å². The Bertz CT molecular complexity index is 251. The topological polar surface area (TPSA) is 72.2 Å². The summed E-state index contributed by atoms with van der Waals surface area (Å²) < 4.78 is 22.4. The zero-order chi connectivity index (χ0) is 9.90. The molecule has 1 rings (SSSR count). The Morgan fingerprint density at radius 2 is 2.31 bits per heavy atom. The van der Waals surface area contributed by atoms with Crippen molar-refractivity contribution >= 4 is 9.84 Å². The smallest absolute Gasteiger partial charge is 0.150 e. The van der Waals surface area contributed by atoms with Gasteiger partial charge in [-0.25, -0.2) is 8.42 Å². The molecule has 0 saturated carbocycles. The predicted octanol–water partition coefficient (Wildman–Crippen LogP) is 0.0531. The minimum atomic E-state index is -2.76. The number of hydrogen-bond donors (Lipinski definition) is 2. The second kappa shape index (κ2) is 4.39. The minimum absolute atomic E-state index is 0.169. The molecule has 3 N–H and O–H groups in total. The lowest BCUT2D eigenvalue weighted by Gasteiger charge is -2.20. The van der Waals surface area contributed by atoms with Gasteiger partial charge in [0, 0.05) is 6.04 Å². The SMILES string of the molecule is CCCC(NN)C1CCS(=O)(=O)C1. The first kappa shape index (κ1) is 10.9. The van der Waals surface area contributed by atoms with E-state index in [2.05, 4.69) is 12.3 Å². The number of sulfone groups is 1. The van der Waals surface area contributed by atoms with E-state index >= 15 is 0 Å². The lowest BCUT2D eigenvalue weighted by Crippen LogP contribution is -2.41. The van der Waals surface area contributed by atoms with Crippen molar-refractivity contribution in [3.05, 3.63) is 0 Å². The maximum Gasteiger partial charge on any atom is 0.150 e. The number of nitrogens with two attached hydrogens (primary N) is 1. The maximum atomic E-state index is 11.2. The average molecular weight is 206 g/mol. The lowest BCUT2D eigenvalue weighted by atomic mass is 9.96. The van der Waals surface area contributed by atoms with Crippen LogP contribution in [0.5, 0.6) is 0 Å². The Hall–Kier alpha value is -0.130. The molecule has 13 heavy (non-hydrogen) atoms. The highest BCUT2D eigenvalue weighted by Gasteiger charge is 2.32. The van der Waals surface area contributed by atoms with E-state index in [0.717, 1.165) is 19.3 Å². The van der Waals surface area contributed by atoms with E-state index in [-0.39, 0.29) is 12.0 Å². The predicted molar refractivity (Wildman–Crippen MR) is 52.8 cm³/mol. The van der Waals surface area contributed by atoms with Gasteiger partial charge >= 0.3 is 0 Å². The molecule has 1 aliphatic rings. The van der Waals surface area contributed by atoms with Crippen LogP contribution in [0.3, 0.4) is 0 Å². The molecule has 0 aromatic heterocycles. The molecular weight excluding hydrogens is 188 g/mol. The zero-order valence-corrected chi connectivity index (χ0v) is 8.81. The zero-order valence-electron chi connectivity index (χ0n) is 7.99. The van der Waals surface area contributed by atoms with Crippen molar-refractivity contribution in [1.82, 2.24) is 5.43 Å². The van der Waals surface area contributed by atoms with Crippen LogP contribution in [0, 0.1) is 5.92 Å². The normalized spacial score (nSPS) is 28.9. The quantitative estimate of drug-likeness (QED) is 0.504. The molecule has 2 atom stereocenters. The Kier molecular flexibility index (Phi) is 3.70. The molecule has 1 heterocycles. The van der Waals surface area contributed by atoms with Gasteiger partial charge in [0.25, 0.3) is 0 Å². The maximum absolute atomic E-state index is 11.2. The van der Waals surface area contributed by atoms with Crippen LogP contribution < -0.4 is 11.3 Å². The molecule has 1 aliphatic heterocycles. The van der Waals surface area contributed by atoms with Crippen molar-refractivity contribution in [2.45, 2.75) is 32.2 Å². The number of rotatable bonds is 4. The molecule has 4 nitrogen and oxygen atoms in total. The van der Waals surface area contributed by atoms with Gasteiger partial charge < -0.3 is 0 Å². The largest absolute Gasteiger partial charge is 0.271 e. The van der Waals surface area contributed by atoms with Crippen molar-refractivity contribution < 1.29 is 8.42 Å². The van der Waals surface area contributed by atoms with Crippen LogP contribution in [-0.2, 0) is 9.84 Å². The van der Waals surface area contributed by atoms with Gasteiger partial charge in [-0.3, -0.25) is 11.3 Å². The summed E-state index contributed by atoms with van der Waals surface area (Å²) in [4.78, 5) is 0. The summed E-state index contributed by atoms with van der Waals surface area (Å²) in [6.07, 6.45) is 2.75. The second-order valence-corrected chi connectivity index (χ2v) is 5.95. The molecule has 0 aromatic rings. The molecule has 1 fully saturated rings. The Morgan fingerprint density at radius 1 is 1.62 bits per heavy atom. The summed E-state index contributed by atoms with van der Waals surface area (Å²) >= 11 is 0. The van der Waals surface area contributed by atoms with Gasteiger partial charge in [-0.1, -0.05) is 13.3 Å². The summed E-state index contributed by atoms with van der Waals surface area (Å²) in [6.45, 7) is 2.08. The fraction of sp³-hybridized carbons (Fsp3) is 1.00. The molecule has 0 radical (unpaired) electrons. The van der Waals surface area contributed by atoms with Gasteiger partial charge in [-0.2, -0.15) is 0 Å². The molecule has 2 unspecified atom stereocenters. The van der Waals surface area contributed by atoms with Gasteiger partial charge in [-0.15, -0.1) is 0 Å². The third kappa shape index (κ3) is 2.93. The van der Waals surface area contributed by atoms with Crippen LogP contribution in [-0.4, -0.2) is 26.0 Å². The Morgan fingerprint density at radius 3 is 2.69 bits per heavy atom. The Balaban J connectivity index is 2.52. The van der Waals surface area contributed by atoms with Crippen LogP contribution in [0.4, 0.5) is 0 Å². The third-order valence-electron chi connectivity index (χ3n) is 2.65. The third-order valence-corrected chi connectivity index (χ3v) is 4.44. The monoisotopic (exact) mass is 206 g/mol. The van der Waals surface area contributed by atoms with Gasteiger partial charge in [0.15, 0.2) is 9.84 Å². The first-order valence-electron chi connectivity index (χ1n) is 4.75. The van der Waals surface area contributed by atoms with Crippen LogP contribution in [0.25, 0.3) is 0 Å². The highest BCUT2D eigenvalue weighted by atomic mass is 32.2. The summed E-state index contributed by atoms with van der Waals surface area (Å²) in [5, 5.41) is 0. The fourth-order valence-corrected chi connectivity index (χ4v) is 3.79. The molecule has 0 spiro atoms. The van der Waals surface area contributed by atoms with E-state index in [4.69, 9.17) is 5.84 Å². The summed E-state index contributed by atoms with van der Waals surface area (Å²) in [6, 6.07) is 0.169. The molecule has 5 heteroatoms. The molecule has 1 saturated heterocycles. The van der Waals surface area contributed by atoms with Crippen LogP contribution in [0.15, 0.2) is 0 Å². The summed E-state index contributed by atoms with van der Waals surface area (Å²) in [7, 11) is -2.76. The lowest BCUT2D eigenvalue weighted by molar-refractivity contribution is 0.364. The molecular formula is C8H18N2O2S. The van der Waals surface area contributed by atoms with Crippen LogP contribution >= 0.6 is 0 Å². The molecule has 0 aliphatic carbocycles. The van der Waals surface area contributed by atoms with Gasteiger partial charge in [0.05, 0.1) is 11.5 Å². The molecule has 0 amide bonds. The first-order valence-corrected chi connectivity index (χ1v) is 6.57. The minimum Gasteiger partial charge on any atom is -0.271 e.